The van der Waals surface area contributed by atoms with Crippen LogP contribution in [0.1, 0.15) is 25.8 Å². The average molecular weight is 262 g/mol. The van der Waals surface area contributed by atoms with Crippen LogP contribution >= 0.6 is 0 Å². The third kappa shape index (κ3) is 3.92. The van der Waals surface area contributed by atoms with Gasteiger partial charge >= 0.3 is 0 Å². The predicted molar refractivity (Wildman–Crippen MR) is 76.5 cm³/mol. The first-order chi connectivity index (χ1) is 9.16. The van der Waals surface area contributed by atoms with E-state index in [1.807, 2.05) is 25.3 Å². The molecule has 0 aromatic carbocycles. The van der Waals surface area contributed by atoms with Crippen molar-refractivity contribution in [3.05, 3.63) is 23.9 Å². The van der Waals surface area contributed by atoms with Crippen molar-refractivity contribution in [3.63, 3.8) is 0 Å². The first-order valence-corrected chi connectivity index (χ1v) is 6.80. The van der Waals surface area contributed by atoms with Gasteiger partial charge in [0.15, 0.2) is 5.65 Å². The standard InChI is InChI=1S/C14H22N4O/c1-11(2)10-19-9-5-7-15-14-16-13-12(3)6-4-8-18(13)17-14/h4,6,8,11H,5,7,9-10H2,1-3H3,(H,15,17). The lowest BCUT2D eigenvalue weighted by molar-refractivity contribution is 0.110. The normalized spacial score (nSPS) is 11.4. The van der Waals surface area contributed by atoms with E-state index < -0.39 is 0 Å². The highest BCUT2D eigenvalue weighted by Gasteiger charge is 2.04. The van der Waals surface area contributed by atoms with Gasteiger partial charge in [0.1, 0.15) is 0 Å². The van der Waals surface area contributed by atoms with Crippen LogP contribution < -0.4 is 5.32 Å². The highest BCUT2D eigenvalue weighted by Crippen LogP contribution is 2.09. The molecular weight excluding hydrogens is 240 g/mol. The van der Waals surface area contributed by atoms with E-state index in [0.717, 1.165) is 37.4 Å². The summed E-state index contributed by atoms with van der Waals surface area (Å²) in [4.78, 5) is 4.46. The zero-order valence-electron chi connectivity index (χ0n) is 11.9. The van der Waals surface area contributed by atoms with Gasteiger partial charge in [-0.25, -0.2) is 4.52 Å². The van der Waals surface area contributed by atoms with E-state index in [-0.39, 0.29) is 0 Å². The lowest BCUT2D eigenvalue weighted by Gasteiger charge is -2.06. The molecule has 104 valence electrons. The quantitative estimate of drug-likeness (QED) is 0.779. The topological polar surface area (TPSA) is 51.5 Å². The number of pyridine rings is 1. The van der Waals surface area contributed by atoms with Crippen LogP contribution in [0.4, 0.5) is 5.95 Å². The Hall–Kier alpha value is -1.62. The highest BCUT2D eigenvalue weighted by molar-refractivity contribution is 5.49. The molecular formula is C14H22N4O. The Morgan fingerprint density at radius 1 is 1.42 bits per heavy atom. The molecule has 19 heavy (non-hydrogen) atoms. The Bertz CT molecular complexity index is 521. The molecule has 0 saturated heterocycles. The van der Waals surface area contributed by atoms with Crippen molar-refractivity contribution < 1.29 is 4.74 Å². The van der Waals surface area contributed by atoms with Crippen molar-refractivity contribution in [1.29, 1.82) is 0 Å². The number of hydrogen-bond acceptors (Lipinski definition) is 4. The van der Waals surface area contributed by atoms with Gasteiger partial charge in [-0.2, -0.15) is 4.98 Å². The molecule has 2 rings (SSSR count). The molecule has 0 amide bonds. The van der Waals surface area contributed by atoms with Gasteiger partial charge in [0.05, 0.1) is 0 Å². The summed E-state index contributed by atoms with van der Waals surface area (Å²) in [7, 11) is 0. The molecule has 1 N–H and O–H groups in total. The first-order valence-electron chi connectivity index (χ1n) is 6.80. The summed E-state index contributed by atoms with van der Waals surface area (Å²) in [5, 5.41) is 7.60. The van der Waals surface area contributed by atoms with Gasteiger partial charge in [0.2, 0.25) is 5.95 Å². The number of hydrogen-bond donors (Lipinski definition) is 1. The molecule has 0 bridgehead atoms. The van der Waals surface area contributed by atoms with E-state index in [9.17, 15) is 0 Å². The Kier molecular flexibility index (Phi) is 4.74. The fourth-order valence-corrected chi connectivity index (χ4v) is 1.81. The van der Waals surface area contributed by atoms with Crippen molar-refractivity contribution in [2.45, 2.75) is 27.2 Å². The number of aromatic nitrogens is 3. The van der Waals surface area contributed by atoms with Gasteiger partial charge in [-0.15, -0.1) is 5.10 Å². The maximum atomic E-state index is 5.53. The van der Waals surface area contributed by atoms with Gasteiger partial charge in [0.25, 0.3) is 0 Å². The summed E-state index contributed by atoms with van der Waals surface area (Å²) in [5.74, 6) is 1.27. The van der Waals surface area contributed by atoms with Crippen LogP contribution in [0.25, 0.3) is 5.65 Å². The summed E-state index contributed by atoms with van der Waals surface area (Å²) >= 11 is 0. The number of anilines is 1. The number of nitrogens with zero attached hydrogens (tertiary/aromatic N) is 3. The van der Waals surface area contributed by atoms with Crippen molar-refractivity contribution >= 4 is 11.6 Å². The summed E-state index contributed by atoms with van der Waals surface area (Å²) in [5.41, 5.74) is 2.03. The van der Waals surface area contributed by atoms with Crippen LogP contribution in [0.2, 0.25) is 0 Å². The first kappa shape index (κ1) is 13.8. The lowest BCUT2D eigenvalue weighted by atomic mass is 10.2. The molecule has 0 saturated carbocycles. The number of rotatable bonds is 7. The molecule has 0 aliphatic heterocycles. The second-order valence-electron chi connectivity index (χ2n) is 5.14. The van der Waals surface area contributed by atoms with Gasteiger partial charge < -0.3 is 10.1 Å². The fourth-order valence-electron chi connectivity index (χ4n) is 1.81. The van der Waals surface area contributed by atoms with E-state index in [4.69, 9.17) is 4.74 Å². The van der Waals surface area contributed by atoms with E-state index in [2.05, 4.69) is 29.2 Å². The van der Waals surface area contributed by atoms with Crippen LogP contribution in [0.3, 0.4) is 0 Å². The SMILES string of the molecule is Cc1cccn2nc(NCCCOCC(C)C)nc12. The van der Waals surface area contributed by atoms with Gasteiger partial charge in [-0.05, 0) is 30.9 Å². The van der Waals surface area contributed by atoms with Crippen molar-refractivity contribution in [2.24, 2.45) is 5.92 Å². The summed E-state index contributed by atoms with van der Waals surface area (Å²) in [6.07, 6.45) is 2.87. The zero-order chi connectivity index (χ0) is 13.7. The molecule has 0 radical (unpaired) electrons. The third-order valence-corrected chi connectivity index (χ3v) is 2.76. The number of nitrogens with one attached hydrogen (secondary N) is 1. The van der Waals surface area contributed by atoms with Crippen LogP contribution in [-0.4, -0.2) is 34.4 Å². The molecule has 5 heteroatoms. The van der Waals surface area contributed by atoms with Gasteiger partial charge in [-0.3, -0.25) is 0 Å². The Morgan fingerprint density at radius 2 is 2.26 bits per heavy atom. The molecule has 0 spiro atoms. The minimum atomic E-state index is 0.594. The molecule has 2 aromatic rings. The average Bonchev–Trinajstić information content (AvgIpc) is 2.78. The van der Waals surface area contributed by atoms with Crippen LogP contribution in [0, 0.1) is 12.8 Å². The minimum absolute atomic E-state index is 0.594. The molecule has 0 aliphatic rings. The van der Waals surface area contributed by atoms with E-state index >= 15 is 0 Å². The third-order valence-electron chi connectivity index (χ3n) is 2.76. The summed E-state index contributed by atoms with van der Waals surface area (Å²) < 4.78 is 7.32. The van der Waals surface area contributed by atoms with E-state index in [1.165, 1.54) is 0 Å². The fraction of sp³-hybridized carbons (Fsp3) is 0.571. The molecule has 0 fully saturated rings. The number of fused-ring (bicyclic) bond motifs is 1. The smallest absolute Gasteiger partial charge is 0.243 e. The van der Waals surface area contributed by atoms with Crippen molar-refractivity contribution in [1.82, 2.24) is 14.6 Å². The van der Waals surface area contributed by atoms with Crippen LogP contribution in [0.5, 0.6) is 0 Å². The molecule has 0 atom stereocenters. The maximum absolute atomic E-state index is 5.53. The predicted octanol–water partition coefficient (Wildman–Crippen LogP) is 2.51. The van der Waals surface area contributed by atoms with Gasteiger partial charge in [-0.1, -0.05) is 19.9 Å². The lowest BCUT2D eigenvalue weighted by Crippen LogP contribution is -2.09. The summed E-state index contributed by atoms with van der Waals surface area (Å²) in [6, 6.07) is 4.01. The second kappa shape index (κ2) is 6.52. The number of aryl methyl sites for hydroxylation is 1. The Balaban J connectivity index is 1.77. The molecule has 2 aromatic heterocycles. The van der Waals surface area contributed by atoms with Gasteiger partial charge in [0, 0.05) is 26.0 Å². The molecule has 0 aliphatic carbocycles. The van der Waals surface area contributed by atoms with Crippen LogP contribution in [-0.2, 0) is 4.74 Å². The monoisotopic (exact) mass is 262 g/mol. The number of ether oxygens (including phenoxy) is 1. The highest BCUT2D eigenvalue weighted by atomic mass is 16.5. The van der Waals surface area contributed by atoms with E-state index in [1.54, 1.807) is 4.52 Å². The maximum Gasteiger partial charge on any atom is 0.243 e. The zero-order valence-corrected chi connectivity index (χ0v) is 11.9. The van der Waals surface area contributed by atoms with Crippen molar-refractivity contribution in [3.8, 4) is 0 Å². The Labute approximate surface area is 114 Å². The van der Waals surface area contributed by atoms with Crippen LogP contribution in [0.15, 0.2) is 18.3 Å². The molecule has 2 heterocycles. The van der Waals surface area contributed by atoms with E-state index in [0.29, 0.717) is 11.9 Å². The summed E-state index contributed by atoms with van der Waals surface area (Å²) in [6.45, 7) is 8.77. The molecule has 5 nitrogen and oxygen atoms in total. The second-order valence-corrected chi connectivity index (χ2v) is 5.14. The minimum Gasteiger partial charge on any atom is -0.381 e. The Morgan fingerprint density at radius 3 is 3.00 bits per heavy atom. The van der Waals surface area contributed by atoms with Crippen molar-refractivity contribution in [2.75, 3.05) is 25.1 Å². The largest absolute Gasteiger partial charge is 0.381 e. The molecule has 0 unspecified atom stereocenters.